The summed E-state index contributed by atoms with van der Waals surface area (Å²) in [5.74, 6) is 0.290. The molecule has 8 heteroatoms. The molecule has 0 bridgehead atoms. The molecule has 1 amide bonds. The Hall–Kier alpha value is -3.42. The van der Waals surface area contributed by atoms with Gasteiger partial charge in [0.1, 0.15) is 17.9 Å². The number of amides is 1. The van der Waals surface area contributed by atoms with Gasteiger partial charge in [-0.2, -0.15) is 5.10 Å². The van der Waals surface area contributed by atoms with Crippen molar-refractivity contribution in [3.63, 3.8) is 0 Å². The van der Waals surface area contributed by atoms with Crippen LogP contribution in [0, 0.1) is 6.92 Å². The van der Waals surface area contributed by atoms with Gasteiger partial charge in [-0.3, -0.25) is 19.0 Å². The first kappa shape index (κ1) is 16.1. The molecule has 0 saturated carbocycles. The Kier molecular flexibility index (Phi) is 3.80. The fourth-order valence-corrected chi connectivity index (χ4v) is 3.06. The molecule has 8 nitrogen and oxygen atoms in total. The number of carbonyl (C=O) groups is 1. The van der Waals surface area contributed by atoms with Crippen molar-refractivity contribution in [2.75, 3.05) is 0 Å². The first-order chi connectivity index (χ1) is 12.5. The second-order valence-electron chi connectivity index (χ2n) is 6.09. The minimum absolute atomic E-state index is 0.167. The van der Waals surface area contributed by atoms with E-state index in [1.165, 1.54) is 4.68 Å². The second-order valence-corrected chi connectivity index (χ2v) is 6.09. The average Bonchev–Trinajstić information content (AvgIpc) is 3.21. The first-order valence-corrected chi connectivity index (χ1v) is 8.21. The summed E-state index contributed by atoms with van der Waals surface area (Å²) in [6, 6.07) is 8.68. The Bertz CT molecular complexity index is 1160. The van der Waals surface area contributed by atoms with Crippen molar-refractivity contribution in [3.05, 3.63) is 64.7 Å². The van der Waals surface area contributed by atoms with Gasteiger partial charge >= 0.3 is 0 Å². The quantitative estimate of drug-likeness (QED) is 0.605. The number of nitrogens with zero attached hydrogens (tertiary/aromatic N) is 4. The maximum atomic E-state index is 12.7. The molecule has 4 heterocycles. The number of fused-ring (bicyclic) bond motifs is 3. The molecule has 0 aliphatic heterocycles. The van der Waals surface area contributed by atoms with Gasteiger partial charge in [-0.15, -0.1) is 0 Å². The molecule has 4 aromatic heterocycles. The lowest BCUT2D eigenvalue weighted by molar-refractivity contribution is -0.122. The highest BCUT2D eigenvalue weighted by Gasteiger charge is 2.16. The molecule has 4 rings (SSSR count). The number of pyridine rings is 1. The van der Waals surface area contributed by atoms with E-state index < -0.39 is 0 Å². The fraction of sp³-hybridized carbons (Fsp3) is 0.222. The monoisotopic (exact) mass is 351 g/mol. The van der Waals surface area contributed by atoms with Crippen LogP contribution in [0.25, 0.3) is 16.6 Å². The van der Waals surface area contributed by atoms with Crippen molar-refractivity contribution in [2.24, 2.45) is 0 Å². The minimum Gasteiger partial charge on any atom is -0.463 e. The first-order valence-electron chi connectivity index (χ1n) is 8.21. The lowest BCUT2D eigenvalue weighted by Crippen LogP contribution is -2.36. The standard InChI is InChI=1S/C18H17N5O3/c1-11(13-5-3-4-7-19-13)20-17(24)10-22-18(25)15-9-16-14(6-8-26-16)23(15)12(2)21-22/h3-9,11H,10H2,1-2H3,(H,20,24)/t11-/m0/s1. The molecule has 0 aromatic carbocycles. The largest absolute Gasteiger partial charge is 0.463 e. The van der Waals surface area contributed by atoms with E-state index in [0.29, 0.717) is 16.9 Å². The molecule has 26 heavy (non-hydrogen) atoms. The van der Waals surface area contributed by atoms with Crippen LogP contribution in [-0.4, -0.2) is 25.1 Å². The molecule has 1 N–H and O–H groups in total. The molecule has 0 radical (unpaired) electrons. The van der Waals surface area contributed by atoms with Gasteiger partial charge in [0.25, 0.3) is 5.56 Å². The topological polar surface area (TPSA) is 94.4 Å². The second kappa shape index (κ2) is 6.14. The van der Waals surface area contributed by atoms with Crippen LogP contribution in [0.4, 0.5) is 0 Å². The van der Waals surface area contributed by atoms with E-state index in [-0.39, 0.29) is 24.1 Å². The van der Waals surface area contributed by atoms with Crippen LogP contribution in [0.2, 0.25) is 0 Å². The van der Waals surface area contributed by atoms with Gasteiger partial charge in [-0.25, -0.2) is 4.68 Å². The third-order valence-electron chi connectivity index (χ3n) is 4.27. The van der Waals surface area contributed by atoms with Gasteiger partial charge in [0.2, 0.25) is 5.91 Å². The Morgan fingerprint density at radius 1 is 1.31 bits per heavy atom. The van der Waals surface area contributed by atoms with Gasteiger partial charge in [0.15, 0.2) is 5.58 Å². The lowest BCUT2D eigenvalue weighted by Gasteiger charge is -2.14. The molecule has 1 atom stereocenters. The summed E-state index contributed by atoms with van der Waals surface area (Å²) in [5, 5.41) is 7.11. The molecule has 132 valence electrons. The number of aryl methyl sites for hydroxylation is 1. The number of aromatic nitrogens is 4. The van der Waals surface area contributed by atoms with Crippen LogP contribution >= 0.6 is 0 Å². The van der Waals surface area contributed by atoms with E-state index in [4.69, 9.17) is 4.42 Å². The van der Waals surface area contributed by atoms with Gasteiger partial charge in [-0.1, -0.05) is 6.07 Å². The van der Waals surface area contributed by atoms with Crippen LogP contribution < -0.4 is 10.9 Å². The summed E-state index contributed by atoms with van der Waals surface area (Å²) < 4.78 is 8.25. The van der Waals surface area contributed by atoms with Gasteiger partial charge in [0.05, 0.1) is 23.5 Å². The van der Waals surface area contributed by atoms with E-state index in [1.807, 2.05) is 25.1 Å². The van der Waals surface area contributed by atoms with Crippen LogP contribution in [-0.2, 0) is 11.3 Å². The maximum absolute atomic E-state index is 12.7. The van der Waals surface area contributed by atoms with E-state index in [0.717, 1.165) is 11.2 Å². The zero-order valence-electron chi connectivity index (χ0n) is 14.3. The van der Waals surface area contributed by atoms with Crippen molar-refractivity contribution in [2.45, 2.75) is 26.4 Å². The molecular formula is C18H17N5O3. The highest BCUT2D eigenvalue weighted by atomic mass is 16.3. The summed E-state index contributed by atoms with van der Waals surface area (Å²) in [7, 11) is 0. The Balaban J connectivity index is 1.62. The summed E-state index contributed by atoms with van der Waals surface area (Å²) in [6.45, 7) is 3.45. The van der Waals surface area contributed by atoms with E-state index in [1.54, 1.807) is 35.9 Å². The van der Waals surface area contributed by atoms with E-state index in [9.17, 15) is 9.59 Å². The minimum atomic E-state index is -0.345. The number of rotatable bonds is 4. The third kappa shape index (κ3) is 2.65. The predicted octanol–water partition coefficient (Wildman–Crippen LogP) is 1.82. The summed E-state index contributed by atoms with van der Waals surface area (Å²) in [4.78, 5) is 29.3. The number of nitrogens with one attached hydrogen (secondary N) is 1. The normalized spacial score (nSPS) is 12.5. The van der Waals surface area contributed by atoms with Crippen molar-refractivity contribution in [1.29, 1.82) is 0 Å². The predicted molar refractivity (Wildman–Crippen MR) is 94.8 cm³/mol. The molecule has 0 aliphatic carbocycles. The molecule has 0 saturated heterocycles. The van der Waals surface area contributed by atoms with Crippen LogP contribution in [0.1, 0.15) is 24.5 Å². The van der Waals surface area contributed by atoms with E-state index >= 15 is 0 Å². The molecule has 0 aliphatic rings. The molecule has 0 fully saturated rings. The Morgan fingerprint density at radius 2 is 2.15 bits per heavy atom. The highest BCUT2D eigenvalue weighted by Crippen LogP contribution is 2.19. The molecule has 0 unspecified atom stereocenters. The van der Waals surface area contributed by atoms with Gasteiger partial charge in [0, 0.05) is 18.3 Å². The SMILES string of the molecule is Cc1nn(CC(=O)N[C@@H](C)c2ccccn2)c(=O)c2cc3occc3n12. The number of hydrogen-bond acceptors (Lipinski definition) is 5. The lowest BCUT2D eigenvalue weighted by atomic mass is 10.2. The van der Waals surface area contributed by atoms with Crippen LogP contribution in [0.5, 0.6) is 0 Å². The number of carbonyl (C=O) groups excluding carboxylic acids is 1. The van der Waals surface area contributed by atoms with Crippen molar-refractivity contribution >= 4 is 22.5 Å². The summed E-state index contributed by atoms with van der Waals surface area (Å²) in [6.07, 6.45) is 3.23. The summed E-state index contributed by atoms with van der Waals surface area (Å²) in [5.41, 5.74) is 2.22. The molecule has 0 spiro atoms. The maximum Gasteiger partial charge on any atom is 0.291 e. The smallest absolute Gasteiger partial charge is 0.291 e. The van der Waals surface area contributed by atoms with E-state index in [2.05, 4.69) is 15.4 Å². The zero-order chi connectivity index (χ0) is 18.3. The van der Waals surface area contributed by atoms with Crippen LogP contribution in [0.3, 0.4) is 0 Å². The van der Waals surface area contributed by atoms with Crippen molar-refractivity contribution in [3.8, 4) is 0 Å². The highest BCUT2D eigenvalue weighted by molar-refractivity contribution is 5.82. The van der Waals surface area contributed by atoms with Gasteiger partial charge < -0.3 is 9.73 Å². The molecular weight excluding hydrogens is 334 g/mol. The Labute approximate surface area is 148 Å². The van der Waals surface area contributed by atoms with Crippen molar-refractivity contribution in [1.82, 2.24) is 24.5 Å². The Morgan fingerprint density at radius 3 is 2.92 bits per heavy atom. The molecule has 4 aromatic rings. The summed E-state index contributed by atoms with van der Waals surface area (Å²) >= 11 is 0. The zero-order valence-corrected chi connectivity index (χ0v) is 14.3. The van der Waals surface area contributed by atoms with Crippen molar-refractivity contribution < 1.29 is 9.21 Å². The average molecular weight is 351 g/mol. The van der Waals surface area contributed by atoms with Gasteiger partial charge in [-0.05, 0) is 26.0 Å². The number of furan rings is 1. The van der Waals surface area contributed by atoms with Crippen LogP contribution in [0.15, 0.2) is 52.0 Å². The fourth-order valence-electron chi connectivity index (χ4n) is 3.06. The number of hydrogen-bond donors (Lipinski definition) is 1. The third-order valence-corrected chi connectivity index (χ3v) is 4.27.